The monoisotopic (exact) mass is 581 g/mol. The molecule has 0 aliphatic carbocycles. The molecule has 40 heavy (non-hydrogen) atoms. The molecule has 1 fully saturated rings. The van der Waals surface area contributed by atoms with Crippen LogP contribution in [0, 0.1) is 0 Å². The number of aryl methyl sites for hydroxylation is 1. The van der Waals surface area contributed by atoms with Crippen LogP contribution >= 0.6 is 12.2 Å². The molecule has 1 heterocycles. The average Bonchev–Trinajstić information content (AvgIpc) is 2.88. The number of carboxylic acids is 4. The lowest BCUT2D eigenvalue weighted by molar-refractivity contribution is -0.144. The number of benzene rings is 1. The maximum atomic E-state index is 12.4. The fraction of sp³-hybridized carbons (Fsp3) is 0.577. The first-order valence-corrected chi connectivity index (χ1v) is 13.6. The van der Waals surface area contributed by atoms with Crippen molar-refractivity contribution in [3.8, 4) is 0 Å². The Morgan fingerprint density at radius 1 is 0.750 bits per heavy atom. The topological polar surface area (TPSA) is 174 Å². The lowest BCUT2D eigenvalue weighted by Crippen LogP contribution is -2.47. The second-order valence-electron chi connectivity index (χ2n) is 9.75. The van der Waals surface area contributed by atoms with Gasteiger partial charge in [0.25, 0.3) is 0 Å². The number of hydrogen-bond acceptors (Lipinski definition) is 9. The van der Waals surface area contributed by atoms with Crippen molar-refractivity contribution < 1.29 is 39.6 Å². The Kier molecular flexibility index (Phi) is 14.5. The highest BCUT2D eigenvalue weighted by molar-refractivity contribution is 7.79. The maximum Gasteiger partial charge on any atom is 0.320 e. The van der Waals surface area contributed by atoms with Crippen LogP contribution in [0.3, 0.4) is 0 Å². The smallest absolute Gasteiger partial charge is 0.320 e. The molecule has 222 valence electrons. The quantitative estimate of drug-likeness (QED) is 0.201. The zero-order valence-corrected chi connectivity index (χ0v) is 23.3. The number of carbonyl (C=O) groups is 4. The minimum atomic E-state index is -1.03. The van der Waals surface area contributed by atoms with Crippen LogP contribution in [0.15, 0.2) is 24.3 Å². The van der Waals surface area contributed by atoms with Crippen molar-refractivity contribution in [2.45, 2.75) is 25.3 Å². The summed E-state index contributed by atoms with van der Waals surface area (Å²) in [4.78, 5) is 53.6. The van der Waals surface area contributed by atoms with Gasteiger partial charge in [-0.05, 0) is 37.0 Å². The van der Waals surface area contributed by atoms with E-state index in [9.17, 15) is 39.6 Å². The number of aliphatic carboxylic acids is 4. The van der Waals surface area contributed by atoms with Crippen molar-refractivity contribution in [2.24, 2.45) is 0 Å². The lowest BCUT2D eigenvalue weighted by Gasteiger charge is -2.32. The summed E-state index contributed by atoms with van der Waals surface area (Å²) in [6, 6.07) is 6.71. The Labute approximate surface area is 238 Å². The molecule has 5 N–H and O–H groups in total. The Hall–Kier alpha value is -3.17. The molecule has 2 rings (SSSR count). The molecule has 1 aromatic carbocycles. The summed E-state index contributed by atoms with van der Waals surface area (Å²) >= 11 is 4.80. The summed E-state index contributed by atoms with van der Waals surface area (Å²) in [6.45, 7) is 1.78. The molecule has 0 spiro atoms. The molecule has 1 aromatic rings. The Morgan fingerprint density at radius 3 is 1.68 bits per heavy atom. The summed E-state index contributed by atoms with van der Waals surface area (Å²) in [5, 5.41) is 41.1. The van der Waals surface area contributed by atoms with Gasteiger partial charge in [-0.3, -0.25) is 38.8 Å². The van der Waals surface area contributed by atoms with E-state index in [1.165, 1.54) is 5.49 Å². The van der Waals surface area contributed by atoms with E-state index in [1.54, 1.807) is 14.7 Å². The van der Waals surface area contributed by atoms with Crippen molar-refractivity contribution in [2.75, 3.05) is 77.3 Å². The maximum absolute atomic E-state index is 12.4. The fourth-order valence-corrected chi connectivity index (χ4v) is 4.88. The predicted molar refractivity (Wildman–Crippen MR) is 152 cm³/mol. The van der Waals surface area contributed by atoms with Crippen molar-refractivity contribution >= 4 is 47.3 Å². The first-order chi connectivity index (χ1) is 19.1. The first-order valence-electron chi connectivity index (χ1n) is 13.2. The Balaban J connectivity index is 2.22. The van der Waals surface area contributed by atoms with Crippen LogP contribution in [0.2, 0.25) is 0 Å². The molecule has 1 atom stereocenters. The van der Waals surface area contributed by atoms with Crippen molar-refractivity contribution in [1.82, 2.24) is 19.6 Å². The second-order valence-corrected chi connectivity index (χ2v) is 9.99. The van der Waals surface area contributed by atoms with E-state index in [-0.39, 0.29) is 39.3 Å². The van der Waals surface area contributed by atoms with Crippen LogP contribution in [0.5, 0.6) is 0 Å². The summed E-state index contributed by atoms with van der Waals surface area (Å²) in [7, 11) is 0. The van der Waals surface area contributed by atoms with Gasteiger partial charge in [-0.2, -0.15) is 0 Å². The third-order valence-electron chi connectivity index (χ3n) is 6.78. The van der Waals surface area contributed by atoms with E-state index in [0.29, 0.717) is 52.0 Å². The van der Waals surface area contributed by atoms with Gasteiger partial charge in [0.05, 0.1) is 25.1 Å². The molecule has 14 heteroatoms. The average molecular weight is 582 g/mol. The van der Waals surface area contributed by atoms with E-state index in [4.69, 9.17) is 12.2 Å². The number of rotatable bonds is 13. The number of hydrogen-bond donors (Lipinski definition) is 5. The van der Waals surface area contributed by atoms with Gasteiger partial charge in [0.2, 0.25) is 0 Å². The van der Waals surface area contributed by atoms with Crippen molar-refractivity contribution in [3.05, 3.63) is 29.8 Å². The highest BCUT2D eigenvalue weighted by Crippen LogP contribution is 2.15. The van der Waals surface area contributed by atoms with Gasteiger partial charge in [-0.15, -0.1) is 0 Å². The van der Waals surface area contributed by atoms with E-state index in [1.807, 2.05) is 29.2 Å². The summed E-state index contributed by atoms with van der Waals surface area (Å²) in [6.07, 6.45) is 1.34. The lowest BCUT2D eigenvalue weighted by atomic mass is 10.0. The second kappa shape index (κ2) is 17.5. The van der Waals surface area contributed by atoms with Crippen LogP contribution in [0.25, 0.3) is 0 Å². The molecule has 0 bridgehead atoms. The molecule has 1 saturated heterocycles. The van der Waals surface area contributed by atoms with Gasteiger partial charge in [-0.25, -0.2) is 0 Å². The fourth-order valence-electron chi connectivity index (χ4n) is 4.74. The van der Waals surface area contributed by atoms with Crippen LogP contribution in [-0.4, -0.2) is 147 Å². The highest BCUT2D eigenvalue weighted by Gasteiger charge is 2.27. The molecular formula is C26H39N5O8S. The van der Waals surface area contributed by atoms with E-state index in [2.05, 4.69) is 5.32 Å². The zero-order chi connectivity index (χ0) is 29.5. The van der Waals surface area contributed by atoms with Gasteiger partial charge >= 0.3 is 23.9 Å². The third kappa shape index (κ3) is 12.8. The summed E-state index contributed by atoms with van der Waals surface area (Å²) in [5.74, 6) is -4.05. The number of carboxylic acid groups (broad SMARTS) is 4. The van der Waals surface area contributed by atoms with Crippen molar-refractivity contribution in [1.29, 1.82) is 0 Å². The minimum Gasteiger partial charge on any atom is -0.480 e. The molecular weight excluding hydrogens is 542 g/mol. The summed E-state index contributed by atoms with van der Waals surface area (Å²) < 4.78 is 0. The molecule has 0 aromatic heterocycles. The van der Waals surface area contributed by atoms with Gasteiger partial charge in [0.1, 0.15) is 6.04 Å². The molecule has 0 amide bonds. The Morgan fingerprint density at radius 2 is 1.23 bits per heavy atom. The molecule has 0 radical (unpaired) electrons. The third-order valence-corrected chi connectivity index (χ3v) is 6.89. The molecule has 1 aliphatic heterocycles. The normalized spacial score (nSPS) is 18.0. The van der Waals surface area contributed by atoms with Gasteiger partial charge in [0.15, 0.2) is 0 Å². The minimum absolute atomic E-state index is 0.220. The molecule has 1 unspecified atom stereocenters. The van der Waals surface area contributed by atoms with Crippen LogP contribution < -0.4 is 5.32 Å². The largest absolute Gasteiger partial charge is 0.480 e. The van der Waals surface area contributed by atoms with Gasteiger partial charge in [-0.1, -0.05) is 24.4 Å². The number of thiocarbonyl (C=S) groups is 1. The van der Waals surface area contributed by atoms with E-state index in [0.717, 1.165) is 11.3 Å². The summed E-state index contributed by atoms with van der Waals surface area (Å²) in [5.41, 5.74) is 3.20. The van der Waals surface area contributed by atoms with Crippen LogP contribution in [0.4, 0.5) is 5.69 Å². The van der Waals surface area contributed by atoms with E-state index >= 15 is 0 Å². The van der Waals surface area contributed by atoms with Gasteiger partial charge < -0.3 is 25.7 Å². The molecule has 13 nitrogen and oxygen atoms in total. The van der Waals surface area contributed by atoms with Crippen molar-refractivity contribution in [3.63, 3.8) is 0 Å². The first kappa shape index (κ1) is 33.0. The SMILES string of the molecule is O=C(O)CN1CCCN(C(CCc2ccc(NC=S)cc2)C(=O)O)CCN(CC(=O)O)CCN(CC(=O)O)CC1. The van der Waals surface area contributed by atoms with Gasteiger partial charge in [0, 0.05) is 58.0 Å². The number of anilines is 1. The standard InChI is InChI=1S/C26H39N5O8S/c32-23(33)16-28-8-1-9-31(22(26(38)39)7-4-20-2-5-21(6-3-20)27-19-40)15-14-30(18-25(36)37)13-12-29(11-10-28)17-24(34)35/h2-3,5-6,19,22H,1,4,7-18H2,(H,27,40)(H,32,33)(H,34,35)(H,36,37)(H,38,39). The highest BCUT2D eigenvalue weighted by atomic mass is 32.1. The zero-order valence-electron chi connectivity index (χ0n) is 22.5. The van der Waals surface area contributed by atoms with Crippen LogP contribution in [-0.2, 0) is 25.6 Å². The predicted octanol–water partition coefficient (Wildman–Crippen LogP) is 0.307. The Bertz CT molecular complexity index is 996. The number of nitrogens with one attached hydrogen (secondary N) is 1. The molecule has 0 saturated carbocycles. The van der Waals surface area contributed by atoms with Crippen LogP contribution in [0.1, 0.15) is 18.4 Å². The molecule has 1 aliphatic rings. The van der Waals surface area contributed by atoms with E-state index < -0.39 is 29.9 Å². The number of nitrogens with zero attached hydrogens (tertiary/aromatic N) is 4.